The fourth-order valence-corrected chi connectivity index (χ4v) is 2.17. The molecule has 0 saturated carbocycles. The van der Waals surface area contributed by atoms with Crippen LogP contribution in [0.25, 0.3) is 0 Å². The van der Waals surface area contributed by atoms with Gasteiger partial charge in [0, 0.05) is 0 Å². The molecule has 0 aliphatic rings. The minimum absolute atomic E-state index is 0.0913. The first-order chi connectivity index (χ1) is 11.0. The van der Waals surface area contributed by atoms with E-state index in [1.165, 1.54) is 0 Å². The summed E-state index contributed by atoms with van der Waals surface area (Å²) in [4.78, 5) is 23.1. The maximum absolute atomic E-state index is 11.9. The van der Waals surface area contributed by atoms with Crippen LogP contribution in [0.2, 0.25) is 0 Å². The third kappa shape index (κ3) is 4.57. The lowest BCUT2D eigenvalue weighted by Crippen LogP contribution is -2.31. The molecule has 23 heavy (non-hydrogen) atoms. The number of aryl methyl sites for hydroxylation is 1. The average molecular weight is 313 g/mol. The molecule has 1 atom stereocenters. The highest BCUT2D eigenvalue weighted by molar-refractivity contribution is 5.89. The standard InChI is InChI=1S/C18H19NO4/c1-12-8-9-14(10-16(12)18(21)22)13(2)19-17(20)11-23-15-6-4-3-5-7-15/h3-10,13H,11H2,1-2H3,(H,19,20)(H,21,22). The van der Waals surface area contributed by atoms with Crippen molar-refractivity contribution >= 4 is 11.9 Å². The Morgan fingerprint density at radius 1 is 1.17 bits per heavy atom. The van der Waals surface area contributed by atoms with Crippen molar-refractivity contribution in [3.05, 3.63) is 65.2 Å². The van der Waals surface area contributed by atoms with Gasteiger partial charge in [-0.15, -0.1) is 0 Å². The van der Waals surface area contributed by atoms with Gasteiger partial charge in [0.25, 0.3) is 5.91 Å². The van der Waals surface area contributed by atoms with Gasteiger partial charge in [-0.25, -0.2) is 4.79 Å². The van der Waals surface area contributed by atoms with E-state index in [1.54, 1.807) is 38.1 Å². The molecule has 0 fully saturated rings. The average Bonchev–Trinajstić information content (AvgIpc) is 2.54. The number of hydrogen-bond acceptors (Lipinski definition) is 3. The molecule has 0 bridgehead atoms. The maximum Gasteiger partial charge on any atom is 0.335 e. The van der Waals surface area contributed by atoms with Crippen molar-refractivity contribution in [2.24, 2.45) is 0 Å². The van der Waals surface area contributed by atoms with Crippen LogP contribution in [-0.2, 0) is 4.79 Å². The first kappa shape index (κ1) is 16.5. The fourth-order valence-electron chi connectivity index (χ4n) is 2.17. The van der Waals surface area contributed by atoms with Crippen LogP contribution in [-0.4, -0.2) is 23.6 Å². The zero-order chi connectivity index (χ0) is 16.8. The Morgan fingerprint density at radius 2 is 1.87 bits per heavy atom. The fraction of sp³-hybridized carbons (Fsp3) is 0.222. The zero-order valence-electron chi connectivity index (χ0n) is 13.1. The Morgan fingerprint density at radius 3 is 2.52 bits per heavy atom. The number of rotatable bonds is 6. The molecule has 0 aliphatic heterocycles. The quantitative estimate of drug-likeness (QED) is 0.859. The molecule has 0 spiro atoms. The van der Waals surface area contributed by atoms with Crippen LogP contribution >= 0.6 is 0 Å². The van der Waals surface area contributed by atoms with Gasteiger partial charge in [0.15, 0.2) is 6.61 Å². The van der Waals surface area contributed by atoms with Gasteiger partial charge < -0.3 is 15.2 Å². The van der Waals surface area contributed by atoms with Crippen molar-refractivity contribution in [3.8, 4) is 5.75 Å². The second kappa shape index (κ2) is 7.45. The number of aromatic carboxylic acids is 1. The van der Waals surface area contributed by atoms with Crippen LogP contribution in [0.4, 0.5) is 0 Å². The normalized spacial score (nSPS) is 11.6. The van der Waals surface area contributed by atoms with Crippen molar-refractivity contribution in [2.45, 2.75) is 19.9 Å². The van der Waals surface area contributed by atoms with Crippen LogP contribution in [0.15, 0.2) is 48.5 Å². The molecule has 2 N–H and O–H groups in total. The number of carboxylic acid groups (broad SMARTS) is 1. The SMILES string of the molecule is Cc1ccc(C(C)NC(=O)COc2ccccc2)cc1C(=O)O. The molecule has 2 aromatic rings. The van der Waals surface area contributed by atoms with Crippen molar-refractivity contribution in [1.29, 1.82) is 0 Å². The predicted molar refractivity (Wildman–Crippen MR) is 86.6 cm³/mol. The van der Waals surface area contributed by atoms with Crippen LogP contribution in [0.5, 0.6) is 5.75 Å². The number of amides is 1. The van der Waals surface area contributed by atoms with E-state index in [9.17, 15) is 9.59 Å². The van der Waals surface area contributed by atoms with E-state index in [-0.39, 0.29) is 24.1 Å². The van der Waals surface area contributed by atoms with Gasteiger partial charge in [-0.2, -0.15) is 0 Å². The number of hydrogen-bond donors (Lipinski definition) is 2. The smallest absolute Gasteiger partial charge is 0.335 e. The first-order valence-corrected chi connectivity index (χ1v) is 7.28. The highest BCUT2D eigenvalue weighted by Crippen LogP contribution is 2.17. The molecule has 1 unspecified atom stereocenters. The molecule has 120 valence electrons. The number of carbonyl (C=O) groups is 2. The summed E-state index contributed by atoms with van der Waals surface area (Å²) in [6.45, 7) is 3.45. The van der Waals surface area contributed by atoms with Crippen LogP contribution in [0.1, 0.15) is 34.5 Å². The van der Waals surface area contributed by atoms with Crippen molar-refractivity contribution in [2.75, 3.05) is 6.61 Å². The number of ether oxygens (including phenoxy) is 1. The molecule has 0 heterocycles. The molecule has 0 radical (unpaired) electrons. The van der Waals surface area contributed by atoms with Crippen molar-refractivity contribution in [3.63, 3.8) is 0 Å². The highest BCUT2D eigenvalue weighted by atomic mass is 16.5. The van der Waals surface area contributed by atoms with Gasteiger partial charge in [0.05, 0.1) is 11.6 Å². The third-order valence-electron chi connectivity index (χ3n) is 3.48. The zero-order valence-corrected chi connectivity index (χ0v) is 13.1. The minimum atomic E-state index is -0.977. The first-order valence-electron chi connectivity index (χ1n) is 7.28. The Bertz CT molecular complexity index is 697. The number of nitrogens with one attached hydrogen (secondary N) is 1. The van der Waals surface area contributed by atoms with Gasteiger partial charge in [0.1, 0.15) is 5.75 Å². The number of para-hydroxylation sites is 1. The molecule has 1 amide bonds. The summed E-state index contributed by atoms with van der Waals surface area (Å²) in [5, 5.41) is 12.0. The molecule has 2 rings (SSSR count). The Balaban J connectivity index is 1.96. The monoisotopic (exact) mass is 313 g/mol. The Kier molecular flexibility index (Phi) is 5.36. The summed E-state index contributed by atoms with van der Waals surface area (Å²) in [7, 11) is 0. The Labute approximate surface area is 134 Å². The number of carbonyl (C=O) groups excluding carboxylic acids is 1. The van der Waals surface area contributed by atoms with Crippen molar-refractivity contribution < 1.29 is 19.4 Å². The summed E-state index contributed by atoms with van der Waals surface area (Å²) < 4.78 is 5.38. The second-order valence-corrected chi connectivity index (χ2v) is 5.27. The van der Waals surface area contributed by atoms with E-state index in [0.29, 0.717) is 11.3 Å². The van der Waals surface area contributed by atoms with E-state index in [2.05, 4.69) is 5.32 Å². The number of carboxylic acids is 1. The van der Waals surface area contributed by atoms with Gasteiger partial charge >= 0.3 is 5.97 Å². The molecule has 0 aromatic heterocycles. The van der Waals surface area contributed by atoms with E-state index in [4.69, 9.17) is 9.84 Å². The third-order valence-corrected chi connectivity index (χ3v) is 3.48. The van der Waals surface area contributed by atoms with Crippen LogP contribution < -0.4 is 10.1 Å². The van der Waals surface area contributed by atoms with E-state index in [1.807, 2.05) is 24.3 Å². The molecular weight excluding hydrogens is 294 g/mol. The highest BCUT2D eigenvalue weighted by Gasteiger charge is 2.14. The summed E-state index contributed by atoms with van der Waals surface area (Å²) in [6.07, 6.45) is 0. The van der Waals surface area contributed by atoms with E-state index in [0.717, 1.165) is 5.56 Å². The summed E-state index contributed by atoms with van der Waals surface area (Å²) >= 11 is 0. The Hall–Kier alpha value is -2.82. The molecule has 5 heteroatoms. The maximum atomic E-state index is 11.9. The van der Waals surface area contributed by atoms with Gasteiger partial charge in [-0.1, -0.05) is 30.3 Å². The largest absolute Gasteiger partial charge is 0.484 e. The van der Waals surface area contributed by atoms with E-state index >= 15 is 0 Å². The second-order valence-electron chi connectivity index (χ2n) is 5.27. The minimum Gasteiger partial charge on any atom is -0.484 e. The van der Waals surface area contributed by atoms with Crippen LogP contribution in [0, 0.1) is 6.92 Å². The topological polar surface area (TPSA) is 75.6 Å². The molecule has 0 aliphatic carbocycles. The molecular formula is C18H19NO4. The summed E-state index contributed by atoms with van der Waals surface area (Å²) in [5.41, 5.74) is 1.66. The van der Waals surface area contributed by atoms with Gasteiger partial charge in [-0.3, -0.25) is 4.79 Å². The summed E-state index contributed by atoms with van der Waals surface area (Å²) in [6, 6.07) is 13.9. The van der Waals surface area contributed by atoms with Crippen molar-refractivity contribution in [1.82, 2.24) is 5.32 Å². The van der Waals surface area contributed by atoms with Crippen LogP contribution in [0.3, 0.4) is 0 Å². The molecule has 0 saturated heterocycles. The molecule has 5 nitrogen and oxygen atoms in total. The lowest BCUT2D eigenvalue weighted by Gasteiger charge is -2.16. The predicted octanol–water partition coefficient (Wildman–Crippen LogP) is 2.95. The summed E-state index contributed by atoms with van der Waals surface area (Å²) in [5.74, 6) is -0.618. The van der Waals surface area contributed by atoms with Gasteiger partial charge in [-0.05, 0) is 43.2 Å². The number of benzene rings is 2. The lowest BCUT2D eigenvalue weighted by atomic mass is 10.0. The lowest BCUT2D eigenvalue weighted by molar-refractivity contribution is -0.123. The van der Waals surface area contributed by atoms with E-state index < -0.39 is 5.97 Å². The molecule has 2 aromatic carbocycles. The van der Waals surface area contributed by atoms with Gasteiger partial charge in [0.2, 0.25) is 0 Å².